The zero-order valence-corrected chi connectivity index (χ0v) is 36.5. The highest BCUT2D eigenvalue weighted by Gasteiger charge is 2.57. The van der Waals surface area contributed by atoms with Gasteiger partial charge in [-0.1, -0.05) is 92.7 Å². The lowest BCUT2D eigenvalue weighted by atomic mass is 9.73. The van der Waals surface area contributed by atoms with Crippen molar-refractivity contribution in [2.45, 2.75) is 182 Å². The Kier molecular flexibility index (Phi) is 18.4. The maximum atomic E-state index is 13.6. The van der Waals surface area contributed by atoms with Crippen LogP contribution >= 0.6 is 0 Å². The fraction of sp³-hybridized carbons (Fsp3) is 0.804. The number of esters is 1. The fourth-order valence-electron chi connectivity index (χ4n) is 9.37. The molecule has 3 heterocycles. The minimum atomic E-state index is -2.18. The van der Waals surface area contributed by atoms with Gasteiger partial charge in [0.2, 0.25) is 0 Å². The van der Waals surface area contributed by atoms with Crippen LogP contribution in [0, 0.1) is 53.3 Å². The monoisotopic (exact) mass is 805 g/mol. The average Bonchev–Trinajstić information content (AvgIpc) is 3.17. The van der Waals surface area contributed by atoms with E-state index in [2.05, 4.69) is 26.8 Å². The summed E-state index contributed by atoms with van der Waals surface area (Å²) in [4.78, 5) is 40.7. The van der Waals surface area contributed by atoms with Gasteiger partial charge >= 0.3 is 5.97 Å². The standard InChI is InChI=1S/C46H76O11/c1-12-34-18-16-14-15-17-28(5)43(52)45(11,54)44(53)33(10)41(51)32(9)40(50)31(8)39(49)27(4)19-22-38(48)55-42-30(7)36(21-20-34)56-46(35(42)13-2)24-23-26(3)37(57-46)25-29(6)47/h14-16,18-19,22,26-37,39,41-43,47,49,51-52,54H,12-13,17,20-21,23-25H2,1-11H3/b15-14+,18-16+,22-19+. The van der Waals surface area contributed by atoms with Crippen LogP contribution in [0.2, 0.25) is 0 Å². The predicted molar refractivity (Wildman–Crippen MR) is 220 cm³/mol. The summed E-state index contributed by atoms with van der Waals surface area (Å²) in [5, 5.41) is 55.2. The van der Waals surface area contributed by atoms with Crippen molar-refractivity contribution in [1.82, 2.24) is 0 Å². The minimum absolute atomic E-state index is 0.163. The van der Waals surface area contributed by atoms with Crippen LogP contribution in [0.3, 0.4) is 0 Å². The lowest BCUT2D eigenvalue weighted by molar-refractivity contribution is -0.374. The molecule has 18 unspecified atom stereocenters. The molecule has 0 aliphatic carbocycles. The summed E-state index contributed by atoms with van der Waals surface area (Å²) in [5.74, 6) is -7.21. The molecule has 5 N–H and O–H groups in total. The third kappa shape index (κ3) is 12.0. The number of ether oxygens (including phenoxy) is 3. The molecule has 2 bridgehead atoms. The molecular weight excluding hydrogens is 728 g/mol. The number of ketones is 2. The number of aliphatic hydroxyl groups is 5. The molecule has 11 heteroatoms. The molecule has 3 aliphatic heterocycles. The molecule has 0 aromatic heterocycles. The first-order chi connectivity index (χ1) is 26.6. The highest BCUT2D eigenvalue weighted by molar-refractivity contribution is 5.91. The number of fused-ring (bicyclic) bond motifs is 2. The summed E-state index contributed by atoms with van der Waals surface area (Å²) in [5.41, 5.74) is -2.18. The van der Waals surface area contributed by atoms with Gasteiger partial charge < -0.3 is 39.7 Å². The van der Waals surface area contributed by atoms with Gasteiger partial charge in [-0.05, 0) is 76.5 Å². The number of allylic oxidation sites excluding steroid dienone is 4. The minimum Gasteiger partial charge on any atom is -0.458 e. The summed E-state index contributed by atoms with van der Waals surface area (Å²) in [6.07, 6.45) is 10.3. The topological polar surface area (TPSA) is 180 Å². The van der Waals surface area contributed by atoms with Gasteiger partial charge in [-0.3, -0.25) is 9.59 Å². The van der Waals surface area contributed by atoms with E-state index in [4.69, 9.17) is 14.2 Å². The van der Waals surface area contributed by atoms with Crippen molar-refractivity contribution >= 4 is 17.5 Å². The number of carbonyl (C=O) groups is 3. The first-order valence-corrected chi connectivity index (χ1v) is 21.7. The highest BCUT2D eigenvalue weighted by atomic mass is 16.7. The summed E-state index contributed by atoms with van der Waals surface area (Å²) >= 11 is 0. The lowest BCUT2D eigenvalue weighted by Crippen LogP contribution is -2.63. The Bertz CT molecular complexity index is 1400. The summed E-state index contributed by atoms with van der Waals surface area (Å²) in [7, 11) is 0. The summed E-state index contributed by atoms with van der Waals surface area (Å²) in [6, 6.07) is 0. The van der Waals surface area contributed by atoms with E-state index < -0.39 is 89.0 Å². The van der Waals surface area contributed by atoms with Crippen molar-refractivity contribution in [3.8, 4) is 0 Å². The van der Waals surface area contributed by atoms with Crippen LogP contribution in [0.15, 0.2) is 36.5 Å². The number of hydrogen-bond donors (Lipinski definition) is 5. The second-order valence-electron chi connectivity index (χ2n) is 18.2. The van der Waals surface area contributed by atoms with E-state index in [0.29, 0.717) is 32.1 Å². The van der Waals surface area contributed by atoms with Crippen molar-refractivity contribution in [3.63, 3.8) is 0 Å². The molecule has 0 aromatic carbocycles. The molecule has 18 atom stereocenters. The molecule has 2 saturated heterocycles. The Hall–Kier alpha value is -2.25. The highest BCUT2D eigenvalue weighted by Crippen LogP contribution is 2.50. The van der Waals surface area contributed by atoms with Crippen molar-refractivity contribution in [1.29, 1.82) is 0 Å². The quantitative estimate of drug-likeness (QED) is 0.202. The molecule has 11 nitrogen and oxygen atoms in total. The second kappa shape index (κ2) is 21.3. The van der Waals surface area contributed by atoms with Crippen molar-refractivity contribution in [2.75, 3.05) is 0 Å². The van der Waals surface area contributed by atoms with Gasteiger partial charge in [-0.2, -0.15) is 0 Å². The third-order valence-corrected chi connectivity index (χ3v) is 13.6. The molecule has 3 rings (SSSR count). The molecular formula is C46H76O11. The first-order valence-electron chi connectivity index (χ1n) is 21.7. The zero-order valence-electron chi connectivity index (χ0n) is 36.5. The molecule has 0 saturated carbocycles. The van der Waals surface area contributed by atoms with Gasteiger partial charge in [0.05, 0.1) is 42.5 Å². The van der Waals surface area contributed by atoms with E-state index in [1.165, 1.54) is 32.9 Å². The fourth-order valence-corrected chi connectivity index (χ4v) is 9.37. The van der Waals surface area contributed by atoms with E-state index in [1.54, 1.807) is 27.7 Å². The summed E-state index contributed by atoms with van der Waals surface area (Å²) in [6.45, 7) is 19.2. The first kappa shape index (κ1) is 49.1. The largest absolute Gasteiger partial charge is 0.458 e. The Balaban J connectivity index is 2.02. The number of carbonyl (C=O) groups excluding carboxylic acids is 3. The van der Waals surface area contributed by atoms with E-state index in [1.807, 2.05) is 25.2 Å². The molecule has 0 amide bonds. The maximum Gasteiger partial charge on any atom is 0.330 e. The van der Waals surface area contributed by atoms with Gasteiger partial charge in [0, 0.05) is 42.1 Å². The van der Waals surface area contributed by atoms with Crippen LogP contribution in [0.4, 0.5) is 0 Å². The maximum absolute atomic E-state index is 13.6. The molecule has 3 aliphatic rings. The zero-order chi connectivity index (χ0) is 43.0. The van der Waals surface area contributed by atoms with Crippen molar-refractivity contribution in [3.05, 3.63) is 36.5 Å². The Morgan fingerprint density at radius 2 is 1.47 bits per heavy atom. The van der Waals surface area contributed by atoms with E-state index in [-0.39, 0.29) is 35.9 Å². The molecule has 2 fully saturated rings. The molecule has 1 spiro atoms. The van der Waals surface area contributed by atoms with Crippen LogP contribution in [0.5, 0.6) is 0 Å². The summed E-state index contributed by atoms with van der Waals surface area (Å²) < 4.78 is 20.3. The van der Waals surface area contributed by atoms with Gasteiger partial charge in [0.25, 0.3) is 0 Å². The second-order valence-corrected chi connectivity index (χ2v) is 18.2. The molecule has 0 aromatic rings. The normalized spacial score (nSPS) is 46.2. The Morgan fingerprint density at radius 3 is 2.09 bits per heavy atom. The van der Waals surface area contributed by atoms with Crippen LogP contribution in [0.1, 0.15) is 128 Å². The van der Waals surface area contributed by atoms with E-state index in [9.17, 15) is 39.9 Å². The van der Waals surface area contributed by atoms with Gasteiger partial charge in [0.15, 0.2) is 11.6 Å². The number of rotatable bonds is 4. The van der Waals surface area contributed by atoms with Crippen LogP contribution in [-0.2, 0) is 28.6 Å². The van der Waals surface area contributed by atoms with E-state index in [0.717, 1.165) is 19.3 Å². The molecule has 0 radical (unpaired) electrons. The SMILES string of the molecule is CCC1/C=C/C=C/CC(C)C(O)C(C)(O)C(=O)C(C)C(O)C(C)C(=O)C(C)C(O)C(C)/C=C/C(=O)OC2C(C)C(CC1)OC1(CCC(C)C(CC(C)O)O1)C2CC. The predicted octanol–water partition coefficient (Wildman–Crippen LogP) is 6.27. The third-order valence-electron chi connectivity index (χ3n) is 13.6. The van der Waals surface area contributed by atoms with Crippen LogP contribution < -0.4 is 0 Å². The molecule has 57 heavy (non-hydrogen) atoms. The number of aliphatic hydroxyl groups excluding tert-OH is 4. The number of Topliss-reactive ketones (excluding diaryl/α,β-unsaturated/α-hetero) is 2. The molecule has 326 valence electrons. The van der Waals surface area contributed by atoms with Gasteiger partial charge in [-0.25, -0.2) is 4.79 Å². The smallest absolute Gasteiger partial charge is 0.330 e. The Morgan fingerprint density at radius 1 is 0.825 bits per heavy atom. The van der Waals surface area contributed by atoms with Crippen molar-refractivity contribution in [2.24, 2.45) is 53.3 Å². The van der Waals surface area contributed by atoms with Crippen LogP contribution in [0.25, 0.3) is 0 Å². The van der Waals surface area contributed by atoms with Crippen LogP contribution in [-0.4, -0.2) is 97.2 Å². The number of hydrogen-bond acceptors (Lipinski definition) is 11. The van der Waals surface area contributed by atoms with Crippen molar-refractivity contribution < 1.29 is 54.1 Å². The van der Waals surface area contributed by atoms with E-state index >= 15 is 0 Å². The lowest BCUT2D eigenvalue weighted by Gasteiger charge is -2.56. The van der Waals surface area contributed by atoms with Gasteiger partial charge in [0.1, 0.15) is 17.5 Å². The Labute approximate surface area is 342 Å². The average molecular weight is 805 g/mol. The van der Waals surface area contributed by atoms with Gasteiger partial charge in [-0.15, -0.1) is 0 Å².